The minimum atomic E-state index is -0.457. The highest BCUT2D eigenvalue weighted by Gasteiger charge is 2.45. The van der Waals surface area contributed by atoms with E-state index in [1.54, 1.807) is 0 Å². The Kier molecular flexibility index (Phi) is 8.39. The van der Waals surface area contributed by atoms with Gasteiger partial charge in [-0.25, -0.2) is 9.97 Å². The summed E-state index contributed by atoms with van der Waals surface area (Å²) in [6.07, 6.45) is 0. The molecule has 2 heterocycles. The van der Waals surface area contributed by atoms with Crippen LogP contribution in [0.5, 0.6) is 0 Å². The molecular formula is C59H38N2O. The molecular weight excluding hydrogens is 753 g/mol. The number of para-hydroxylation sites is 1. The molecule has 0 radical (unpaired) electrons. The molecule has 0 N–H and O–H groups in total. The van der Waals surface area contributed by atoms with Gasteiger partial charge in [0, 0.05) is 27.5 Å². The Labute approximate surface area is 360 Å². The molecule has 3 heteroatoms. The van der Waals surface area contributed by atoms with Crippen molar-refractivity contribution in [3.8, 4) is 67.3 Å². The molecule has 1 aliphatic carbocycles. The molecule has 1 aliphatic rings. The third-order valence-corrected chi connectivity index (χ3v) is 12.6. The van der Waals surface area contributed by atoms with Gasteiger partial charge in [0.2, 0.25) is 0 Å². The Morgan fingerprint density at radius 2 is 0.774 bits per heavy atom. The topological polar surface area (TPSA) is 38.9 Å². The van der Waals surface area contributed by atoms with Crippen LogP contribution in [0.3, 0.4) is 0 Å². The summed E-state index contributed by atoms with van der Waals surface area (Å²) in [7, 11) is 0. The quantitative estimate of drug-likeness (QED) is 0.161. The van der Waals surface area contributed by atoms with Crippen LogP contribution >= 0.6 is 0 Å². The third kappa shape index (κ3) is 5.67. The summed E-state index contributed by atoms with van der Waals surface area (Å²) in [4.78, 5) is 10.6. The monoisotopic (exact) mass is 790 g/mol. The van der Waals surface area contributed by atoms with Crippen molar-refractivity contribution in [3.63, 3.8) is 0 Å². The van der Waals surface area contributed by atoms with E-state index in [0.717, 1.165) is 72.3 Å². The highest BCUT2D eigenvalue weighted by molar-refractivity contribution is 6.06. The number of hydrogen-bond donors (Lipinski definition) is 0. The SMILES string of the molecule is c1ccc(-c2nc(-c3ccccc3-c3ccc(C4(c5ccccc5)c5ccccc5-c5ccccc54)cc3)cc(-c3ccccc3-c3ccc4oc5ccccc5c4c3)n2)cc1. The lowest BCUT2D eigenvalue weighted by molar-refractivity contribution is 0.669. The van der Waals surface area contributed by atoms with Crippen molar-refractivity contribution in [3.05, 3.63) is 253 Å². The van der Waals surface area contributed by atoms with Crippen LogP contribution in [0.1, 0.15) is 22.3 Å². The smallest absolute Gasteiger partial charge is 0.160 e. The summed E-state index contributed by atoms with van der Waals surface area (Å²) in [6.45, 7) is 0. The molecule has 62 heavy (non-hydrogen) atoms. The van der Waals surface area contributed by atoms with Crippen molar-refractivity contribution in [2.75, 3.05) is 0 Å². The van der Waals surface area contributed by atoms with Crippen molar-refractivity contribution < 1.29 is 4.42 Å². The molecule has 0 saturated heterocycles. The molecule has 11 aromatic rings. The summed E-state index contributed by atoms with van der Waals surface area (Å²) in [6, 6.07) is 82.3. The van der Waals surface area contributed by atoms with Crippen molar-refractivity contribution in [2.24, 2.45) is 0 Å². The summed E-state index contributed by atoms with van der Waals surface area (Å²) in [5, 5.41) is 2.20. The van der Waals surface area contributed by atoms with Crippen LogP contribution in [0.15, 0.2) is 235 Å². The maximum absolute atomic E-state index is 6.20. The molecule has 290 valence electrons. The second-order valence-corrected chi connectivity index (χ2v) is 16.0. The van der Waals surface area contributed by atoms with Crippen LogP contribution < -0.4 is 0 Å². The number of aromatic nitrogens is 2. The van der Waals surface area contributed by atoms with Crippen LogP contribution in [0.4, 0.5) is 0 Å². The fourth-order valence-corrected chi connectivity index (χ4v) is 9.86. The third-order valence-electron chi connectivity index (χ3n) is 12.6. The fourth-order valence-electron chi connectivity index (χ4n) is 9.86. The maximum atomic E-state index is 6.20. The van der Waals surface area contributed by atoms with Crippen molar-refractivity contribution in [2.45, 2.75) is 5.41 Å². The van der Waals surface area contributed by atoms with Gasteiger partial charge in [-0.05, 0) is 79.9 Å². The van der Waals surface area contributed by atoms with Crippen molar-refractivity contribution in [1.29, 1.82) is 0 Å². The van der Waals surface area contributed by atoms with Gasteiger partial charge in [0.15, 0.2) is 5.82 Å². The molecule has 3 nitrogen and oxygen atoms in total. The molecule has 0 saturated carbocycles. The highest BCUT2D eigenvalue weighted by atomic mass is 16.3. The number of furan rings is 1. The number of rotatable bonds is 7. The van der Waals surface area contributed by atoms with E-state index < -0.39 is 5.41 Å². The van der Waals surface area contributed by atoms with E-state index in [9.17, 15) is 0 Å². The van der Waals surface area contributed by atoms with Crippen LogP contribution in [-0.4, -0.2) is 9.97 Å². The zero-order valence-electron chi connectivity index (χ0n) is 33.7. The second kappa shape index (κ2) is 14.5. The minimum Gasteiger partial charge on any atom is -0.456 e. The summed E-state index contributed by atoms with van der Waals surface area (Å²) in [5.74, 6) is 0.678. The van der Waals surface area contributed by atoms with Gasteiger partial charge in [-0.3, -0.25) is 0 Å². The van der Waals surface area contributed by atoms with Crippen molar-refractivity contribution >= 4 is 21.9 Å². The average Bonchev–Trinajstić information content (AvgIpc) is 3.88. The molecule has 0 atom stereocenters. The van der Waals surface area contributed by atoms with Gasteiger partial charge < -0.3 is 4.42 Å². The van der Waals surface area contributed by atoms with Gasteiger partial charge in [0.05, 0.1) is 16.8 Å². The molecule has 2 aromatic heterocycles. The van der Waals surface area contributed by atoms with E-state index in [2.05, 4.69) is 200 Å². The summed E-state index contributed by atoms with van der Waals surface area (Å²) in [5.41, 5.74) is 18.1. The Morgan fingerprint density at radius 1 is 0.306 bits per heavy atom. The van der Waals surface area contributed by atoms with E-state index in [1.807, 2.05) is 30.3 Å². The molecule has 9 aromatic carbocycles. The van der Waals surface area contributed by atoms with Gasteiger partial charge in [-0.2, -0.15) is 0 Å². The lowest BCUT2D eigenvalue weighted by atomic mass is 9.67. The first-order valence-corrected chi connectivity index (χ1v) is 21.1. The zero-order valence-corrected chi connectivity index (χ0v) is 33.7. The number of benzene rings is 9. The Hall–Kier alpha value is -8.14. The molecule has 12 rings (SSSR count). The summed E-state index contributed by atoms with van der Waals surface area (Å²) < 4.78 is 6.20. The molecule has 0 amide bonds. The van der Waals surface area contributed by atoms with Crippen LogP contribution in [0.2, 0.25) is 0 Å². The first-order valence-electron chi connectivity index (χ1n) is 21.1. The van der Waals surface area contributed by atoms with Crippen LogP contribution in [0, 0.1) is 0 Å². The Bertz CT molecular complexity index is 3410. The molecule has 0 aliphatic heterocycles. The average molecular weight is 791 g/mol. The highest BCUT2D eigenvalue weighted by Crippen LogP contribution is 2.56. The Balaban J connectivity index is 1.00. The predicted octanol–water partition coefficient (Wildman–Crippen LogP) is 15.1. The first kappa shape index (κ1) is 35.8. The van der Waals surface area contributed by atoms with Gasteiger partial charge in [0.1, 0.15) is 11.2 Å². The van der Waals surface area contributed by atoms with Gasteiger partial charge in [-0.15, -0.1) is 0 Å². The number of hydrogen-bond acceptors (Lipinski definition) is 3. The van der Waals surface area contributed by atoms with E-state index in [0.29, 0.717) is 5.82 Å². The molecule has 0 bridgehead atoms. The zero-order chi connectivity index (χ0) is 41.0. The first-order chi connectivity index (χ1) is 30.7. The minimum absolute atomic E-state index is 0.457. The lowest BCUT2D eigenvalue weighted by Gasteiger charge is -2.34. The van der Waals surface area contributed by atoms with Gasteiger partial charge >= 0.3 is 0 Å². The fraction of sp³-hybridized carbons (Fsp3) is 0.0169. The standard InChI is InChI=1S/C59H38N2O/c1-3-17-40(18-4-1)58-60-54(38-55(61-58)49-26-10-8-22-45(49)41-33-36-57-51(37-41)50-27-13-16-30-56(50)62-57)48-25-9-7-21-44(48)39-31-34-43(35-32-39)59(42-19-5-2-6-20-42)52-28-14-11-23-46(52)47-24-12-15-29-53(47)59/h1-38H. The predicted molar refractivity (Wildman–Crippen MR) is 254 cm³/mol. The molecule has 0 unspecified atom stereocenters. The summed E-state index contributed by atoms with van der Waals surface area (Å²) >= 11 is 0. The van der Waals surface area contributed by atoms with Gasteiger partial charge in [-0.1, -0.05) is 206 Å². The van der Waals surface area contributed by atoms with E-state index in [-0.39, 0.29) is 0 Å². The van der Waals surface area contributed by atoms with Crippen LogP contribution in [0.25, 0.3) is 89.2 Å². The normalized spacial score (nSPS) is 12.6. The number of nitrogens with zero attached hydrogens (tertiary/aromatic N) is 2. The Morgan fingerprint density at radius 3 is 1.42 bits per heavy atom. The van der Waals surface area contributed by atoms with E-state index >= 15 is 0 Å². The molecule has 0 fully saturated rings. The van der Waals surface area contributed by atoms with Crippen LogP contribution in [-0.2, 0) is 5.41 Å². The van der Waals surface area contributed by atoms with E-state index in [4.69, 9.17) is 14.4 Å². The van der Waals surface area contributed by atoms with Gasteiger partial charge in [0.25, 0.3) is 0 Å². The largest absolute Gasteiger partial charge is 0.456 e. The lowest BCUT2D eigenvalue weighted by Crippen LogP contribution is -2.28. The number of fused-ring (bicyclic) bond motifs is 6. The van der Waals surface area contributed by atoms with Crippen molar-refractivity contribution in [1.82, 2.24) is 9.97 Å². The second-order valence-electron chi connectivity index (χ2n) is 16.0. The van der Waals surface area contributed by atoms with E-state index in [1.165, 1.54) is 33.4 Å². The molecule has 0 spiro atoms. The maximum Gasteiger partial charge on any atom is 0.160 e.